The van der Waals surface area contributed by atoms with Gasteiger partial charge in [-0.1, -0.05) is 17.7 Å². The molecule has 0 unspecified atom stereocenters. The van der Waals surface area contributed by atoms with Gasteiger partial charge in [0.05, 0.1) is 25.3 Å². The van der Waals surface area contributed by atoms with Crippen molar-refractivity contribution in [1.29, 1.82) is 0 Å². The number of urea groups is 1. The SMILES string of the molecule is CCOc1ccc(NC(=O)C[C@H]2C(=O)N(c3ccc(Cl)cc3)C(=O)N2Cc2cccs2)cc1. The number of hydrogen-bond acceptors (Lipinski definition) is 5. The average molecular weight is 484 g/mol. The summed E-state index contributed by atoms with van der Waals surface area (Å²) in [7, 11) is 0. The summed E-state index contributed by atoms with van der Waals surface area (Å²) in [5.74, 6) is -0.104. The summed E-state index contributed by atoms with van der Waals surface area (Å²) >= 11 is 7.45. The number of ether oxygens (including phenoxy) is 1. The highest BCUT2D eigenvalue weighted by molar-refractivity contribution is 7.09. The molecule has 1 fully saturated rings. The first kappa shape index (κ1) is 22.8. The molecule has 1 aliphatic rings. The van der Waals surface area contributed by atoms with Gasteiger partial charge in [0.25, 0.3) is 5.91 Å². The molecule has 1 aliphatic heterocycles. The fourth-order valence-electron chi connectivity index (χ4n) is 3.60. The lowest BCUT2D eigenvalue weighted by atomic mass is 10.1. The Balaban J connectivity index is 1.53. The molecule has 0 saturated carbocycles. The Kier molecular flexibility index (Phi) is 6.96. The fourth-order valence-corrected chi connectivity index (χ4v) is 4.43. The van der Waals surface area contributed by atoms with Crippen molar-refractivity contribution in [3.05, 3.63) is 75.9 Å². The average Bonchev–Trinajstić information content (AvgIpc) is 3.39. The van der Waals surface area contributed by atoms with Crippen LogP contribution in [-0.4, -0.2) is 35.4 Å². The predicted molar refractivity (Wildman–Crippen MR) is 129 cm³/mol. The van der Waals surface area contributed by atoms with Crippen LogP contribution >= 0.6 is 22.9 Å². The Morgan fingerprint density at radius 2 is 1.82 bits per heavy atom. The number of thiophene rings is 1. The Morgan fingerprint density at radius 3 is 2.45 bits per heavy atom. The van der Waals surface area contributed by atoms with Gasteiger partial charge in [-0.05, 0) is 66.9 Å². The first-order valence-electron chi connectivity index (χ1n) is 10.4. The molecule has 2 heterocycles. The Morgan fingerprint density at radius 1 is 1.09 bits per heavy atom. The van der Waals surface area contributed by atoms with Crippen molar-refractivity contribution in [2.45, 2.75) is 25.9 Å². The van der Waals surface area contributed by atoms with E-state index in [0.717, 1.165) is 9.78 Å². The number of nitrogens with zero attached hydrogens (tertiary/aromatic N) is 2. The normalized spacial score (nSPS) is 15.8. The molecule has 0 spiro atoms. The number of carbonyl (C=O) groups excluding carboxylic acids is 3. The molecule has 2 aromatic carbocycles. The van der Waals surface area contributed by atoms with Gasteiger partial charge >= 0.3 is 6.03 Å². The second-order valence-electron chi connectivity index (χ2n) is 7.37. The van der Waals surface area contributed by atoms with E-state index in [1.165, 1.54) is 16.2 Å². The van der Waals surface area contributed by atoms with E-state index < -0.39 is 18.0 Å². The summed E-state index contributed by atoms with van der Waals surface area (Å²) in [6.07, 6.45) is -0.159. The highest BCUT2D eigenvalue weighted by Crippen LogP contribution is 2.30. The van der Waals surface area contributed by atoms with Crippen LogP contribution in [0.2, 0.25) is 5.02 Å². The third-order valence-corrected chi connectivity index (χ3v) is 6.25. The number of hydrogen-bond donors (Lipinski definition) is 1. The summed E-state index contributed by atoms with van der Waals surface area (Å²) in [6.45, 7) is 2.69. The number of halogens is 1. The zero-order chi connectivity index (χ0) is 23.4. The first-order chi connectivity index (χ1) is 16.0. The van der Waals surface area contributed by atoms with E-state index in [9.17, 15) is 14.4 Å². The zero-order valence-corrected chi connectivity index (χ0v) is 19.4. The van der Waals surface area contributed by atoms with Crippen LogP contribution in [0.4, 0.5) is 16.2 Å². The maximum absolute atomic E-state index is 13.3. The van der Waals surface area contributed by atoms with E-state index in [1.54, 1.807) is 48.5 Å². The Bertz CT molecular complexity index is 1130. The lowest BCUT2D eigenvalue weighted by Crippen LogP contribution is -2.37. The first-order valence-corrected chi connectivity index (χ1v) is 11.7. The molecule has 7 nitrogen and oxygen atoms in total. The quantitative estimate of drug-likeness (QED) is 0.448. The van der Waals surface area contributed by atoms with Crippen LogP contribution in [0, 0.1) is 0 Å². The van der Waals surface area contributed by atoms with Crippen molar-refractivity contribution >= 4 is 52.2 Å². The van der Waals surface area contributed by atoms with E-state index in [1.807, 2.05) is 24.4 Å². The molecule has 1 N–H and O–H groups in total. The minimum absolute atomic E-state index is 0.159. The molecule has 1 atom stereocenters. The molecule has 1 aromatic heterocycles. The molecule has 4 rings (SSSR count). The molecular formula is C24H22ClN3O4S. The number of carbonyl (C=O) groups is 3. The topological polar surface area (TPSA) is 79.0 Å². The third kappa shape index (κ3) is 5.18. The van der Waals surface area contributed by atoms with E-state index in [0.29, 0.717) is 28.8 Å². The van der Waals surface area contributed by atoms with Crippen LogP contribution in [-0.2, 0) is 16.1 Å². The molecule has 4 amide bonds. The van der Waals surface area contributed by atoms with Crippen molar-refractivity contribution in [3.63, 3.8) is 0 Å². The summed E-state index contributed by atoms with van der Waals surface area (Å²) in [5, 5.41) is 5.20. The van der Waals surface area contributed by atoms with Gasteiger partial charge in [-0.3, -0.25) is 9.59 Å². The minimum atomic E-state index is -0.919. The van der Waals surface area contributed by atoms with Gasteiger partial charge in [0.2, 0.25) is 5.91 Å². The van der Waals surface area contributed by atoms with E-state index in [2.05, 4.69) is 5.32 Å². The van der Waals surface area contributed by atoms with Crippen LogP contribution in [0.1, 0.15) is 18.2 Å². The van der Waals surface area contributed by atoms with Crippen molar-refractivity contribution in [3.8, 4) is 5.75 Å². The van der Waals surface area contributed by atoms with Gasteiger partial charge < -0.3 is 15.0 Å². The lowest BCUT2D eigenvalue weighted by Gasteiger charge is -2.21. The maximum Gasteiger partial charge on any atom is 0.332 e. The maximum atomic E-state index is 13.3. The highest BCUT2D eigenvalue weighted by Gasteiger charge is 2.46. The number of nitrogens with one attached hydrogen (secondary N) is 1. The fraction of sp³-hybridized carbons (Fsp3) is 0.208. The largest absolute Gasteiger partial charge is 0.494 e. The molecule has 0 radical (unpaired) electrons. The smallest absolute Gasteiger partial charge is 0.332 e. The molecule has 1 saturated heterocycles. The number of benzene rings is 2. The second kappa shape index (κ2) is 10.1. The van der Waals surface area contributed by atoms with E-state index in [-0.39, 0.29) is 18.9 Å². The minimum Gasteiger partial charge on any atom is -0.494 e. The molecule has 3 aromatic rings. The van der Waals surface area contributed by atoms with Crippen molar-refractivity contribution in [2.75, 3.05) is 16.8 Å². The highest BCUT2D eigenvalue weighted by atomic mass is 35.5. The van der Waals surface area contributed by atoms with Gasteiger partial charge in [-0.15, -0.1) is 11.3 Å². The number of imide groups is 1. The molecular weight excluding hydrogens is 462 g/mol. The van der Waals surface area contributed by atoms with Crippen LogP contribution in [0.15, 0.2) is 66.0 Å². The van der Waals surface area contributed by atoms with Crippen LogP contribution in [0.5, 0.6) is 5.75 Å². The number of anilines is 2. The summed E-state index contributed by atoms with van der Waals surface area (Å²) in [6, 6.07) is 15.8. The summed E-state index contributed by atoms with van der Waals surface area (Å²) in [4.78, 5) is 42.8. The van der Waals surface area contributed by atoms with Crippen molar-refractivity contribution in [1.82, 2.24) is 4.90 Å². The van der Waals surface area contributed by atoms with Crippen molar-refractivity contribution in [2.24, 2.45) is 0 Å². The van der Waals surface area contributed by atoms with Crippen LogP contribution in [0.3, 0.4) is 0 Å². The predicted octanol–water partition coefficient (Wildman–Crippen LogP) is 5.17. The monoisotopic (exact) mass is 483 g/mol. The lowest BCUT2D eigenvalue weighted by molar-refractivity contribution is -0.124. The van der Waals surface area contributed by atoms with E-state index >= 15 is 0 Å². The van der Waals surface area contributed by atoms with Crippen LogP contribution < -0.4 is 15.0 Å². The van der Waals surface area contributed by atoms with E-state index in [4.69, 9.17) is 16.3 Å². The standard InChI is InChI=1S/C24H22ClN3O4S/c1-2-32-19-11-7-17(8-12-19)26-22(29)14-21-23(30)28(18-9-5-16(25)6-10-18)24(31)27(21)15-20-4-3-13-33-20/h3-13,21H,2,14-15H2,1H3,(H,26,29)/t21-/m0/s1. The second-order valence-corrected chi connectivity index (χ2v) is 8.83. The van der Waals surface area contributed by atoms with Crippen molar-refractivity contribution < 1.29 is 19.1 Å². The summed E-state index contributed by atoms with van der Waals surface area (Å²) in [5.41, 5.74) is 1.000. The molecule has 33 heavy (non-hydrogen) atoms. The van der Waals surface area contributed by atoms with Gasteiger partial charge in [0.1, 0.15) is 11.8 Å². The van der Waals surface area contributed by atoms with Crippen LogP contribution in [0.25, 0.3) is 0 Å². The van der Waals surface area contributed by atoms with Gasteiger partial charge in [0, 0.05) is 15.6 Å². The Labute approximate surface area is 200 Å². The molecule has 0 bridgehead atoms. The van der Waals surface area contributed by atoms with Gasteiger partial charge in [-0.2, -0.15) is 0 Å². The van der Waals surface area contributed by atoms with Gasteiger partial charge in [-0.25, -0.2) is 9.69 Å². The Hall–Kier alpha value is -3.36. The van der Waals surface area contributed by atoms with Gasteiger partial charge in [0.15, 0.2) is 0 Å². The number of rotatable bonds is 8. The molecule has 0 aliphatic carbocycles. The number of amides is 4. The third-order valence-electron chi connectivity index (χ3n) is 5.14. The summed E-state index contributed by atoms with van der Waals surface area (Å²) < 4.78 is 5.41. The molecule has 9 heteroatoms. The molecule has 170 valence electrons. The zero-order valence-electron chi connectivity index (χ0n) is 17.9.